The van der Waals surface area contributed by atoms with E-state index in [1.54, 1.807) is 10.9 Å². The molecule has 3 aromatic rings. The number of tetrazole rings is 1. The number of carbonyl (C=O) groups is 1. The van der Waals surface area contributed by atoms with Crippen LogP contribution in [0.1, 0.15) is 36.8 Å². The Hall–Kier alpha value is -3.11. The molecule has 0 N–H and O–H groups in total. The number of piperidine rings is 1. The lowest BCUT2D eigenvalue weighted by Gasteiger charge is -2.32. The molecule has 0 spiro atoms. The molecule has 0 bridgehead atoms. The zero-order chi connectivity index (χ0) is 18.6. The van der Waals surface area contributed by atoms with Crippen LogP contribution in [0.3, 0.4) is 0 Å². The van der Waals surface area contributed by atoms with E-state index in [1.807, 2.05) is 33.5 Å². The smallest absolute Gasteiger partial charge is 0.224 e. The summed E-state index contributed by atoms with van der Waals surface area (Å²) in [6.45, 7) is 2.52. The minimum Gasteiger partial charge on any atom is -0.342 e. The predicted molar refractivity (Wildman–Crippen MR) is 93.3 cm³/mol. The molecule has 11 heteroatoms. The molecule has 1 saturated heterocycles. The molecule has 27 heavy (non-hydrogen) atoms. The van der Waals surface area contributed by atoms with Crippen molar-refractivity contribution < 1.29 is 4.79 Å². The molecule has 11 nitrogen and oxygen atoms in total. The van der Waals surface area contributed by atoms with Gasteiger partial charge in [-0.1, -0.05) is 0 Å². The number of rotatable bonds is 6. The Kier molecular flexibility index (Phi) is 4.90. The molecule has 1 fully saturated rings. The lowest BCUT2D eigenvalue weighted by atomic mass is 9.97. The Bertz CT molecular complexity index is 869. The van der Waals surface area contributed by atoms with Gasteiger partial charge in [0.05, 0.1) is 6.54 Å². The molecule has 1 atom stereocenters. The highest BCUT2D eigenvalue weighted by Gasteiger charge is 2.28. The van der Waals surface area contributed by atoms with E-state index in [2.05, 4.69) is 30.8 Å². The molecule has 0 saturated carbocycles. The molecule has 4 rings (SSSR count). The van der Waals surface area contributed by atoms with Crippen LogP contribution in [0.25, 0.3) is 0 Å². The van der Waals surface area contributed by atoms with Gasteiger partial charge in [0.25, 0.3) is 0 Å². The summed E-state index contributed by atoms with van der Waals surface area (Å²) in [4.78, 5) is 14.5. The lowest BCUT2D eigenvalue weighted by molar-refractivity contribution is -0.132. The van der Waals surface area contributed by atoms with Gasteiger partial charge in [0.1, 0.15) is 18.7 Å². The molecular formula is C16H22N10O. The molecule has 0 radical (unpaired) electrons. The molecule has 1 aliphatic heterocycles. The quantitative estimate of drug-likeness (QED) is 0.593. The van der Waals surface area contributed by atoms with Gasteiger partial charge in [-0.25, -0.2) is 4.68 Å². The van der Waals surface area contributed by atoms with Crippen LogP contribution in [0.15, 0.2) is 24.8 Å². The maximum atomic E-state index is 12.6. The number of carbonyl (C=O) groups excluding carboxylic acids is 1. The number of aromatic nitrogens is 9. The SMILES string of the molecule is Cn1c(Cn2cccn2)nnc1C1CCCN(C(=O)CCn2cnnn2)C1. The van der Waals surface area contributed by atoms with Gasteiger partial charge in [0, 0.05) is 44.9 Å². The summed E-state index contributed by atoms with van der Waals surface area (Å²) in [5.74, 6) is 2.10. The highest BCUT2D eigenvalue weighted by molar-refractivity contribution is 5.76. The number of hydrogen-bond acceptors (Lipinski definition) is 7. The highest BCUT2D eigenvalue weighted by Crippen LogP contribution is 2.26. The van der Waals surface area contributed by atoms with E-state index in [4.69, 9.17) is 0 Å². The van der Waals surface area contributed by atoms with Gasteiger partial charge in [-0.15, -0.1) is 15.3 Å². The first-order valence-electron chi connectivity index (χ1n) is 9.05. The van der Waals surface area contributed by atoms with Crippen molar-refractivity contribution in [2.45, 2.75) is 38.3 Å². The van der Waals surface area contributed by atoms with Gasteiger partial charge >= 0.3 is 0 Å². The predicted octanol–water partition coefficient (Wildman–Crippen LogP) is -0.157. The third kappa shape index (κ3) is 3.86. The Morgan fingerprint density at radius 3 is 3.00 bits per heavy atom. The second kappa shape index (κ2) is 7.64. The first-order valence-corrected chi connectivity index (χ1v) is 9.05. The second-order valence-corrected chi connectivity index (χ2v) is 6.74. The van der Waals surface area contributed by atoms with Crippen molar-refractivity contribution in [1.82, 2.24) is 49.7 Å². The number of nitrogens with zero attached hydrogens (tertiary/aromatic N) is 10. The number of likely N-dealkylation sites (tertiary alicyclic amines) is 1. The van der Waals surface area contributed by atoms with Gasteiger partial charge in [-0.05, 0) is 29.3 Å². The molecule has 1 aliphatic rings. The summed E-state index contributed by atoms with van der Waals surface area (Å²) in [7, 11) is 1.98. The average Bonchev–Trinajstić information content (AvgIpc) is 3.44. The summed E-state index contributed by atoms with van der Waals surface area (Å²) < 4.78 is 5.43. The Labute approximate surface area is 156 Å². The van der Waals surface area contributed by atoms with Crippen LogP contribution in [-0.4, -0.2) is 68.6 Å². The topological polar surface area (TPSA) is 112 Å². The van der Waals surface area contributed by atoms with Crippen LogP contribution >= 0.6 is 0 Å². The summed E-state index contributed by atoms with van der Waals surface area (Å²) in [6, 6.07) is 1.89. The molecule has 142 valence electrons. The standard InChI is InChI=1S/C16H22N10O/c1-23-14(11-25-8-3-6-18-25)19-20-16(23)13-4-2-7-24(10-13)15(27)5-9-26-12-17-21-22-26/h3,6,8,12-13H,2,4-5,7,9-11H2,1H3. The first kappa shape index (κ1) is 17.3. The highest BCUT2D eigenvalue weighted by atomic mass is 16.2. The van der Waals surface area contributed by atoms with E-state index < -0.39 is 0 Å². The van der Waals surface area contributed by atoms with Gasteiger partial charge in [-0.2, -0.15) is 5.10 Å². The molecule has 4 heterocycles. The van der Waals surface area contributed by atoms with Crippen molar-refractivity contribution in [2.75, 3.05) is 13.1 Å². The maximum absolute atomic E-state index is 12.6. The summed E-state index contributed by atoms with van der Waals surface area (Å²) in [5, 5.41) is 23.9. The van der Waals surface area contributed by atoms with Crippen molar-refractivity contribution in [1.29, 1.82) is 0 Å². The van der Waals surface area contributed by atoms with E-state index in [0.717, 1.165) is 31.0 Å². The maximum Gasteiger partial charge on any atom is 0.224 e. The molecule has 1 unspecified atom stereocenters. The van der Waals surface area contributed by atoms with Gasteiger partial charge in [-0.3, -0.25) is 9.48 Å². The summed E-state index contributed by atoms with van der Waals surface area (Å²) >= 11 is 0. The van der Waals surface area contributed by atoms with Crippen LogP contribution in [-0.2, 0) is 24.9 Å². The van der Waals surface area contributed by atoms with Crippen molar-refractivity contribution in [3.8, 4) is 0 Å². The van der Waals surface area contributed by atoms with Crippen LogP contribution in [0.5, 0.6) is 0 Å². The van der Waals surface area contributed by atoms with Crippen LogP contribution in [0.4, 0.5) is 0 Å². The van der Waals surface area contributed by atoms with E-state index in [1.165, 1.54) is 6.33 Å². The fraction of sp³-hybridized carbons (Fsp3) is 0.562. The van der Waals surface area contributed by atoms with Crippen molar-refractivity contribution >= 4 is 5.91 Å². The van der Waals surface area contributed by atoms with Crippen molar-refractivity contribution in [3.05, 3.63) is 36.4 Å². The van der Waals surface area contributed by atoms with Gasteiger partial charge in [0.2, 0.25) is 5.91 Å². The monoisotopic (exact) mass is 370 g/mol. The van der Waals surface area contributed by atoms with E-state index >= 15 is 0 Å². The van der Waals surface area contributed by atoms with Crippen LogP contribution in [0.2, 0.25) is 0 Å². The van der Waals surface area contributed by atoms with Crippen molar-refractivity contribution in [3.63, 3.8) is 0 Å². The van der Waals surface area contributed by atoms with E-state index in [-0.39, 0.29) is 11.8 Å². The zero-order valence-corrected chi connectivity index (χ0v) is 15.2. The van der Waals surface area contributed by atoms with Crippen LogP contribution < -0.4 is 0 Å². The summed E-state index contributed by atoms with van der Waals surface area (Å²) in [5.41, 5.74) is 0. The number of amides is 1. The zero-order valence-electron chi connectivity index (χ0n) is 15.2. The van der Waals surface area contributed by atoms with Crippen LogP contribution in [0, 0.1) is 0 Å². The van der Waals surface area contributed by atoms with Gasteiger partial charge < -0.3 is 9.47 Å². The molecular weight excluding hydrogens is 348 g/mol. The third-order valence-electron chi connectivity index (χ3n) is 4.95. The minimum absolute atomic E-state index is 0.120. The van der Waals surface area contributed by atoms with E-state index in [9.17, 15) is 4.79 Å². The minimum atomic E-state index is 0.120. The molecule has 0 aliphatic carbocycles. The fourth-order valence-electron chi connectivity index (χ4n) is 3.47. The largest absolute Gasteiger partial charge is 0.342 e. The van der Waals surface area contributed by atoms with Gasteiger partial charge in [0.15, 0.2) is 5.82 Å². The average molecular weight is 370 g/mol. The fourth-order valence-corrected chi connectivity index (χ4v) is 3.47. The molecule has 0 aromatic carbocycles. The second-order valence-electron chi connectivity index (χ2n) is 6.74. The molecule has 1 amide bonds. The number of hydrogen-bond donors (Lipinski definition) is 0. The molecule has 3 aromatic heterocycles. The third-order valence-corrected chi connectivity index (χ3v) is 4.95. The Morgan fingerprint density at radius 1 is 1.30 bits per heavy atom. The normalized spacial score (nSPS) is 17.4. The summed E-state index contributed by atoms with van der Waals surface area (Å²) in [6.07, 6.45) is 7.53. The lowest BCUT2D eigenvalue weighted by Crippen LogP contribution is -2.40. The Balaban J connectivity index is 1.39. The van der Waals surface area contributed by atoms with Crippen molar-refractivity contribution in [2.24, 2.45) is 7.05 Å². The number of aryl methyl sites for hydroxylation is 1. The van der Waals surface area contributed by atoms with E-state index in [0.29, 0.717) is 26.1 Å². The first-order chi connectivity index (χ1) is 13.2. The Morgan fingerprint density at radius 2 is 2.22 bits per heavy atom.